The number of aromatic nitrogens is 3. The van der Waals surface area contributed by atoms with E-state index in [0.717, 1.165) is 29.0 Å². The van der Waals surface area contributed by atoms with Crippen LogP contribution in [0.4, 0.5) is 0 Å². The number of hydrogen-bond donors (Lipinski definition) is 1. The third-order valence-corrected chi connectivity index (χ3v) is 2.75. The molecule has 2 N–H and O–H groups in total. The third-order valence-electron chi connectivity index (χ3n) is 2.75. The fourth-order valence-electron chi connectivity index (χ4n) is 1.96. The van der Waals surface area contributed by atoms with E-state index in [1.807, 2.05) is 13.2 Å². The zero-order chi connectivity index (χ0) is 11.7. The second-order valence-corrected chi connectivity index (χ2v) is 4.41. The average Bonchev–Trinajstić information content (AvgIpc) is 2.56. The topological polar surface area (TPSA) is 56.7 Å². The number of hydrogen-bond acceptors (Lipinski definition) is 3. The van der Waals surface area contributed by atoms with E-state index >= 15 is 0 Å². The lowest BCUT2D eigenvalue weighted by Gasteiger charge is -2.03. The lowest BCUT2D eigenvalue weighted by Crippen LogP contribution is -2.03. The van der Waals surface area contributed by atoms with E-state index in [1.54, 1.807) is 0 Å². The van der Waals surface area contributed by atoms with E-state index < -0.39 is 0 Å². The van der Waals surface area contributed by atoms with Crippen molar-refractivity contribution >= 4 is 11.2 Å². The fourth-order valence-corrected chi connectivity index (χ4v) is 1.96. The van der Waals surface area contributed by atoms with Crippen molar-refractivity contribution in [1.29, 1.82) is 0 Å². The highest BCUT2D eigenvalue weighted by Gasteiger charge is 2.11. The number of rotatable bonds is 3. The van der Waals surface area contributed by atoms with Gasteiger partial charge in [0.25, 0.3) is 0 Å². The Balaban J connectivity index is 2.54. The van der Waals surface area contributed by atoms with Crippen molar-refractivity contribution in [3.8, 4) is 0 Å². The zero-order valence-corrected chi connectivity index (χ0v) is 10.1. The highest BCUT2D eigenvalue weighted by atomic mass is 15.1. The first-order valence-electron chi connectivity index (χ1n) is 5.64. The normalized spacial score (nSPS) is 11.6. The Labute approximate surface area is 95.5 Å². The minimum atomic E-state index is 0.414. The predicted molar refractivity (Wildman–Crippen MR) is 65.4 cm³/mol. The number of aryl methyl sites for hydroxylation is 1. The summed E-state index contributed by atoms with van der Waals surface area (Å²) in [5.74, 6) is 1.49. The molecule has 0 unspecified atom stereocenters. The van der Waals surface area contributed by atoms with Crippen molar-refractivity contribution in [3.05, 3.63) is 23.7 Å². The third kappa shape index (κ3) is 1.80. The number of pyridine rings is 1. The van der Waals surface area contributed by atoms with Gasteiger partial charge in [0.05, 0.1) is 0 Å². The molecule has 0 aromatic carbocycles. The molecule has 2 heterocycles. The minimum Gasteiger partial charge on any atom is -0.330 e. The molecule has 2 aromatic rings. The molecular weight excluding hydrogens is 200 g/mol. The quantitative estimate of drug-likeness (QED) is 0.851. The summed E-state index contributed by atoms with van der Waals surface area (Å²) >= 11 is 0. The molecule has 86 valence electrons. The van der Waals surface area contributed by atoms with Crippen molar-refractivity contribution in [3.63, 3.8) is 0 Å². The first kappa shape index (κ1) is 11.1. The Hall–Kier alpha value is -1.42. The summed E-state index contributed by atoms with van der Waals surface area (Å²) in [7, 11) is 2.01. The molecule has 0 aliphatic carbocycles. The van der Waals surface area contributed by atoms with Crippen LogP contribution in [0.5, 0.6) is 0 Å². The Kier molecular flexibility index (Phi) is 2.92. The van der Waals surface area contributed by atoms with E-state index in [1.165, 1.54) is 0 Å². The maximum atomic E-state index is 5.53. The summed E-state index contributed by atoms with van der Waals surface area (Å²) in [5, 5.41) is 0. The van der Waals surface area contributed by atoms with Crippen LogP contribution >= 0.6 is 0 Å². The van der Waals surface area contributed by atoms with Gasteiger partial charge in [0, 0.05) is 19.2 Å². The van der Waals surface area contributed by atoms with Crippen LogP contribution in [0.3, 0.4) is 0 Å². The van der Waals surface area contributed by atoms with E-state index in [0.29, 0.717) is 12.5 Å². The van der Waals surface area contributed by atoms with Crippen LogP contribution in [0.1, 0.15) is 31.2 Å². The highest BCUT2D eigenvalue weighted by Crippen LogP contribution is 2.19. The van der Waals surface area contributed by atoms with Crippen LogP contribution in [0.2, 0.25) is 0 Å². The zero-order valence-electron chi connectivity index (χ0n) is 10.1. The predicted octanol–water partition coefficient (Wildman–Crippen LogP) is 1.59. The van der Waals surface area contributed by atoms with Gasteiger partial charge in [-0.15, -0.1) is 0 Å². The summed E-state index contributed by atoms with van der Waals surface area (Å²) in [5.41, 5.74) is 8.61. The Morgan fingerprint density at radius 2 is 2.19 bits per heavy atom. The van der Waals surface area contributed by atoms with E-state index in [9.17, 15) is 0 Å². The summed E-state index contributed by atoms with van der Waals surface area (Å²) in [6.45, 7) is 4.93. The van der Waals surface area contributed by atoms with Crippen molar-refractivity contribution in [1.82, 2.24) is 14.5 Å². The van der Waals surface area contributed by atoms with Crippen LogP contribution in [-0.4, -0.2) is 21.1 Å². The molecule has 0 saturated heterocycles. The molecule has 2 rings (SSSR count). The highest BCUT2D eigenvalue weighted by molar-refractivity contribution is 5.72. The molecule has 0 atom stereocenters. The maximum absolute atomic E-state index is 5.53. The van der Waals surface area contributed by atoms with E-state index in [-0.39, 0.29) is 0 Å². The monoisotopic (exact) mass is 218 g/mol. The Morgan fingerprint density at radius 3 is 2.81 bits per heavy atom. The van der Waals surface area contributed by atoms with Gasteiger partial charge in [-0.3, -0.25) is 0 Å². The molecule has 0 fully saturated rings. The number of nitrogens with zero attached hydrogens (tertiary/aromatic N) is 3. The van der Waals surface area contributed by atoms with Gasteiger partial charge in [0.1, 0.15) is 11.3 Å². The largest absolute Gasteiger partial charge is 0.330 e. The van der Waals surface area contributed by atoms with Crippen LogP contribution in [0, 0.1) is 0 Å². The smallest absolute Gasteiger partial charge is 0.159 e. The van der Waals surface area contributed by atoms with Gasteiger partial charge in [-0.25, -0.2) is 9.97 Å². The molecule has 2 aromatic heterocycles. The summed E-state index contributed by atoms with van der Waals surface area (Å²) in [6, 6.07) is 2.08. The molecule has 0 aliphatic heterocycles. The van der Waals surface area contributed by atoms with Gasteiger partial charge in [-0.05, 0) is 24.6 Å². The van der Waals surface area contributed by atoms with Crippen LogP contribution in [0.15, 0.2) is 12.3 Å². The van der Waals surface area contributed by atoms with Gasteiger partial charge in [-0.1, -0.05) is 13.8 Å². The second-order valence-electron chi connectivity index (χ2n) is 4.41. The van der Waals surface area contributed by atoms with Gasteiger partial charge < -0.3 is 10.3 Å². The fraction of sp³-hybridized carbons (Fsp3) is 0.500. The molecule has 16 heavy (non-hydrogen) atoms. The SMILES string of the molecule is CC(C)c1nc2cc(CCN)cnc2n1C. The molecule has 4 heteroatoms. The molecule has 0 radical (unpaired) electrons. The first-order valence-corrected chi connectivity index (χ1v) is 5.64. The van der Waals surface area contributed by atoms with Crippen molar-refractivity contribution in [2.24, 2.45) is 12.8 Å². The standard InChI is InChI=1S/C12H18N4/c1-8(2)11-15-10-6-9(4-5-13)7-14-12(10)16(11)3/h6-8H,4-5,13H2,1-3H3. The van der Waals surface area contributed by atoms with Crippen molar-refractivity contribution in [2.45, 2.75) is 26.2 Å². The van der Waals surface area contributed by atoms with Crippen LogP contribution < -0.4 is 5.73 Å². The lowest BCUT2D eigenvalue weighted by atomic mass is 10.2. The average molecular weight is 218 g/mol. The summed E-state index contributed by atoms with van der Waals surface area (Å²) < 4.78 is 2.06. The first-order chi connectivity index (χ1) is 7.63. The van der Waals surface area contributed by atoms with Gasteiger partial charge in [0.15, 0.2) is 5.65 Å². The van der Waals surface area contributed by atoms with Gasteiger partial charge >= 0.3 is 0 Å². The molecule has 4 nitrogen and oxygen atoms in total. The number of imidazole rings is 1. The Bertz CT molecular complexity index is 499. The molecule has 0 saturated carbocycles. The number of nitrogens with two attached hydrogens (primary N) is 1. The molecule has 0 bridgehead atoms. The van der Waals surface area contributed by atoms with Crippen molar-refractivity contribution in [2.75, 3.05) is 6.54 Å². The summed E-state index contributed by atoms with van der Waals surface area (Å²) in [6.07, 6.45) is 2.75. The number of fused-ring (bicyclic) bond motifs is 1. The van der Waals surface area contributed by atoms with Crippen molar-refractivity contribution < 1.29 is 0 Å². The van der Waals surface area contributed by atoms with Crippen LogP contribution in [0.25, 0.3) is 11.2 Å². The minimum absolute atomic E-state index is 0.414. The van der Waals surface area contributed by atoms with Crippen LogP contribution in [-0.2, 0) is 13.5 Å². The lowest BCUT2D eigenvalue weighted by molar-refractivity contribution is 0.719. The van der Waals surface area contributed by atoms with E-state index in [4.69, 9.17) is 5.73 Å². The van der Waals surface area contributed by atoms with Gasteiger partial charge in [-0.2, -0.15) is 0 Å². The molecule has 0 spiro atoms. The molecule has 0 aliphatic rings. The molecular formula is C12H18N4. The molecule has 0 amide bonds. The Morgan fingerprint density at radius 1 is 1.44 bits per heavy atom. The van der Waals surface area contributed by atoms with E-state index in [2.05, 4.69) is 34.4 Å². The maximum Gasteiger partial charge on any atom is 0.159 e. The summed E-state index contributed by atoms with van der Waals surface area (Å²) in [4.78, 5) is 9.06. The second kappa shape index (κ2) is 4.22. The van der Waals surface area contributed by atoms with Gasteiger partial charge in [0.2, 0.25) is 0 Å².